The number of hydrogen-bond acceptors (Lipinski definition) is 6. The molecule has 1 aliphatic rings. The van der Waals surface area contributed by atoms with E-state index >= 15 is 0 Å². The predicted octanol–water partition coefficient (Wildman–Crippen LogP) is 4.76. The average molecular weight is 459 g/mol. The van der Waals surface area contributed by atoms with Gasteiger partial charge in [-0.3, -0.25) is 14.5 Å². The molecule has 0 radical (unpaired) electrons. The predicted molar refractivity (Wildman–Crippen MR) is 128 cm³/mol. The second kappa shape index (κ2) is 9.31. The lowest BCUT2D eigenvalue weighted by molar-refractivity contribution is -0.132. The van der Waals surface area contributed by atoms with Crippen LogP contribution in [-0.2, 0) is 9.59 Å². The third-order valence-corrected chi connectivity index (χ3v) is 5.49. The van der Waals surface area contributed by atoms with Crippen molar-refractivity contribution in [2.24, 2.45) is 5.92 Å². The topological polar surface area (TPSA) is 107 Å². The van der Waals surface area contributed by atoms with E-state index in [-0.39, 0.29) is 28.5 Å². The fraction of sp³-hybridized carbons (Fsp3) is 0.185. The summed E-state index contributed by atoms with van der Waals surface area (Å²) in [5.41, 5.74) is 0.810. The zero-order chi connectivity index (χ0) is 24.4. The number of para-hydroxylation sites is 2. The molecule has 1 atom stereocenters. The van der Waals surface area contributed by atoms with Crippen LogP contribution in [0.2, 0.25) is 0 Å². The maximum Gasteiger partial charge on any atom is 0.300 e. The summed E-state index contributed by atoms with van der Waals surface area (Å²) in [5.74, 6) is -1.47. The first-order chi connectivity index (χ1) is 16.3. The van der Waals surface area contributed by atoms with E-state index < -0.39 is 17.7 Å². The van der Waals surface area contributed by atoms with Gasteiger partial charge in [0, 0.05) is 5.56 Å². The monoisotopic (exact) mass is 459 g/mol. The van der Waals surface area contributed by atoms with Crippen LogP contribution in [0.5, 0.6) is 17.2 Å². The Balaban J connectivity index is 1.88. The summed E-state index contributed by atoms with van der Waals surface area (Å²) >= 11 is 0. The third kappa shape index (κ3) is 4.32. The smallest absolute Gasteiger partial charge is 0.300 e. The number of phenols is 2. The minimum atomic E-state index is -1.02. The highest BCUT2D eigenvalue weighted by molar-refractivity contribution is 6.51. The van der Waals surface area contributed by atoms with Crippen molar-refractivity contribution in [1.82, 2.24) is 0 Å². The van der Waals surface area contributed by atoms with E-state index in [2.05, 4.69) is 0 Å². The fourth-order valence-electron chi connectivity index (χ4n) is 3.87. The number of ketones is 1. The number of carbonyl (C=O) groups excluding carboxylic acids is 2. The van der Waals surface area contributed by atoms with Gasteiger partial charge >= 0.3 is 0 Å². The number of aliphatic hydroxyl groups excluding tert-OH is 1. The maximum atomic E-state index is 13.2. The van der Waals surface area contributed by atoms with Gasteiger partial charge in [0.2, 0.25) is 0 Å². The average Bonchev–Trinajstić information content (AvgIpc) is 3.08. The number of aromatic hydroxyl groups is 2. The molecule has 7 nitrogen and oxygen atoms in total. The molecule has 174 valence electrons. The lowest BCUT2D eigenvalue weighted by Gasteiger charge is -2.26. The van der Waals surface area contributed by atoms with Crippen LogP contribution in [-0.4, -0.2) is 33.6 Å². The van der Waals surface area contributed by atoms with Crippen molar-refractivity contribution in [3.05, 3.63) is 89.5 Å². The molecule has 3 aromatic rings. The van der Waals surface area contributed by atoms with E-state index in [1.807, 2.05) is 13.8 Å². The molecule has 3 N–H and O–H groups in total. The van der Waals surface area contributed by atoms with E-state index in [0.29, 0.717) is 29.4 Å². The van der Waals surface area contributed by atoms with E-state index in [9.17, 15) is 24.9 Å². The molecule has 3 aromatic carbocycles. The number of aliphatic hydroxyl groups is 1. The summed E-state index contributed by atoms with van der Waals surface area (Å²) in [5, 5.41) is 31.4. The molecule has 1 aliphatic heterocycles. The van der Waals surface area contributed by atoms with Crippen LogP contribution in [0.3, 0.4) is 0 Å². The van der Waals surface area contributed by atoms with Crippen LogP contribution in [0.25, 0.3) is 5.76 Å². The molecule has 34 heavy (non-hydrogen) atoms. The summed E-state index contributed by atoms with van der Waals surface area (Å²) < 4.78 is 5.74. The Morgan fingerprint density at radius 3 is 2.35 bits per heavy atom. The van der Waals surface area contributed by atoms with Gasteiger partial charge in [-0.05, 0) is 47.9 Å². The molecule has 0 aliphatic carbocycles. The molecule has 1 heterocycles. The molecule has 0 spiro atoms. The Morgan fingerprint density at radius 2 is 1.68 bits per heavy atom. The third-order valence-electron chi connectivity index (χ3n) is 5.49. The number of carbonyl (C=O) groups is 2. The van der Waals surface area contributed by atoms with Gasteiger partial charge in [0.1, 0.15) is 23.0 Å². The summed E-state index contributed by atoms with van der Waals surface area (Å²) in [6.07, 6.45) is 0. The first-order valence-electron chi connectivity index (χ1n) is 10.9. The van der Waals surface area contributed by atoms with E-state index in [1.54, 1.807) is 48.5 Å². The minimum Gasteiger partial charge on any atom is -0.508 e. The highest BCUT2D eigenvalue weighted by Gasteiger charge is 2.47. The fourth-order valence-corrected chi connectivity index (χ4v) is 3.87. The first kappa shape index (κ1) is 22.9. The molecule has 1 amide bonds. The van der Waals surface area contributed by atoms with E-state index in [4.69, 9.17) is 4.74 Å². The number of amides is 1. The van der Waals surface area contributed by atoms with Gasteiger partial charge in [0.25, 0.3) is 11.7 Å². The Labute approximate surface area is 197 Å². The number of phenolic OH excluding ortho intramolecular Hbond substituents is 2. The number of rotatable bonds is 6. The molecule has 7 heteroatoms. The van der Waals surface area contributed by atoms with Crippen LogP contribution in [0.1, 0.15) is 31.0 Å². The molecular weight excluding hydrogens is 434 g/mol. The normalized spacial score (nSPS) is 17.4. The minimum absolute atomic E-state index is 0.0123. The summed E-state index contributed by atoms with van der Waals surface area (Å²) in [4.78, 5) is 27.5. The maximum absolute atomic E-state index is 13.2. The Bertz CT molecular complexity index is 1260. The van der Waals surface area contributed by atoms with Crippen LogP contribution in [0, 0.1) is 5.92 Å². The molecule has 4 rings (SSSR count). The molecule has 1 fully saturated rings. The molecule has 0 aromatic heterocycles. The lowest BCUT2D eigenvalue weighted by Crippen LogP contribution is -2.29. The Hall–Kier alpha value is -4.26. The standard InChI is InChI=1S/C27H25NO6/c1-16(2)15-34-20-7-5-6-18(14-20)25(31)23-24(17-10-12-19(29)13-11-17)28(27(33)26(23)32)21-8-3-4-9-22(21)30/h3-14,16,24,29-31H,15H2,1-2H3/b25-23+. The van der Waals surface area contributed by atoms with Crippen LogP contribution < -0.4 is 9.64 Å². The number of Topliss-reactive ketones (excluding diaryl/α,β-unsaturated/α-hetero) is 1. The highest BCUT2D eigenvalue weighted by atomic mass is 16.5. The van der Waals surface area contributed by atoms with Crippen molar-refractivity contribution in [2.75, 3.05) is 11.5 Å². The Morgan fingerprint density at radius 1 is 0.971 bits per heavy atom. The van der Waals surface area contributed by atoms with Gasteiger partial charge in [0.05, 0.1) is 23.9 Å². The largest absolute Gasteiger partial charge is 0.508 e. The van der Waals surface area contributed by atoms with Gasteiger partial charge in [-0.15, -0.1) is 0 Å². The number of benzene rings is 3. The van der Waals surface area contributed by atoms with Gasteiger partial charge in [-0.2, -0.15) is 0 Å². The van der Waals surface area contributed by atoms with Gasteiger partial charge in [0.15, 0.2) is 0 Å². The van der Waals surface area contributed by atoms with Gasteiger partial charge < -0.3 is 20.1 Å². The van der Waals surface area contributed by atoms with Gasteiger partial charge in [-0.25, -0.2) is 0 Å². The van der Waals surface area contributed by atoms with Crippen molar-refractivity contribution in [2.45, 2.75) is 19.9 Å². The van der Waals surface area contributed by atoms with Crippen molar-refractivity contribution < 1.29 is 29.6 Å². The van der Waals surface area contributed by atoms with Crippen molar-refractivity contribution in [1.29, 1.82) is 0 Å². The number of ether oxygens (including phenoxy) is 1. The molecule has 0 saturated carbocycles. The van der Waals surface area contributed by atoms with Crippen molar-refractivity contribution >= 4 is 23.1 Å². The molecule has 0 bridgehead atoms. The SMILES string of the molecule is CC(C)COc1cccc(/C(O)=C2\C(=O)C(=O)N(c3ccccc3O)C2c2ccc(O)cc2)c1. The van der Waals surface area contributed by atoms with Crippen molar-refractivity contribution in [3.63, 3.8) is 0 Å². The second-order valence-corrected chi connectivity index (χ2v) is 8.48. The van der Waals surface area contributed by atoms with Crippen LogP contribution in [0.4, 0.5) is 5.69 Å². The number of anilines is 1. The molecule has 1 unspecified atom stereocenters. The summed E-state index contributed by atoms with van der Waals surface area (Å²) in [6, 6.07) is 17.8. The lowest BCUT2D eigenvalue weighted by atomic mass is 9.95. The highest BCUT2D eigenvalue weighted by Crippen LogP contribution is 2.44. The molecule has 1 saturated heterocycles. The van der Waals surface area contributed by atoms with E-state index in [0.717, 1.165) is 4.90 Å². The van der Waals surface area contributed by atoms with Crippen LogP contribution >= 0.6 is 0 Å². The van der Waals surface area contributed by atoms with Crippen molar-refractivity contribution in [3.8, 4) is 17.2 Å². The second-order valence-electron chi connectivity index (χ2n) is 8.48. The number of nitrogens with zero attached hydrogens (tertiary/aromatic N) is 1. The zero-order valence-electron chi connectivity index (χ0n) is 18.8. The summed E-state index contributed by atoms with van der Waals surface area (Å²) in [6.45, 7) is 4.51. The quantitative estimate of drug-likeness (QED) is 0.279. The van der Waals surface area contributed by atoms with E-state index in [1.165, 1.54) is 24.3 Å². The molecular formula is C27H25NO6. The Kier molecular flexibility index (Phi) is 6.27. The number of hydrogen-bond donors (Lipinski definition) is 3. The summed E-state index contributed by atoms with van der Waals surface area (Å²) in [7, 11) is 0. The van der Waals surface area contributed by atoms with Gasteiger partial charge in [-0.1, -0.05) is 50.2 Å². The first-order valence-corrected chi connectivity index (χ1v) is 10.9. The van der Waals surface area contributed by atoms with Crippen LogP contribution in [0.15, 0.2) is 78.4 Å². The zero-order valence-corrected chi connectivity index (χ0v) is 18.8.